The smallest absolute Gasteiger partial charge is 0.0908 e. The zero-order valence-corrected chi connectivity index (χ0v) is 4.52. The first-order valence-electron chi connectivity index (χ1n) is 2.46. The minimum absolute atomic E-state index is 1.02. The van der Waals surface area contributed by atoms with E-state index < -0.39 is 0 Å². The Labute approximate surface area is 44.3 Å². The normalized spacial score (nSPS) is 9.14. The molecule has 7 heavy (non-hydrogen) atoms. The van der Waals surface area contributed by atoms with Gasteiger partial charge in [-0.1, -0.05) is 19.4 Å². The van der Waals surface area contributed by atoms with Crippen LogP contribution in [0.2, 0.25) is 0 Å². The van der Waals surface area contributed by atoms with Crippen LogP contribution in [0.5, 0.6) is 0 Å². The van der Waals surface area contributed by atoms with E-state index in [-0.39, 0.29) is 0 Å². The molecule has 0 spiro atoms. The second kappa shape index (κ2) is 5.23. The van der Waals surface area contributed by atoms with Crippen molar-refractivity contribution in [2.75, 3.05) is 0 Å². The summed E-state index contributed by atoms with van der Waals surface area (Å²) >= 11 is 0. The average Bonchev–Trinajstić information content (AvgIpc) is 1.69. The monoisotopic (exact) mass is 95.1 g/mol. The predicted molar refractivity (Wildman–Crippen MR) is 29.7 cm³/mol. The molecule has 0 saturated carbocycles. The Morgan fingerprint density at radius 2 is 2.43 bits per heavy atom. The van der Waals surface area contributed by atoms with Gasteiger partial charge in [0.1, 0.15) is 0 Å². The Bertz CT molecular complexity index is 86.8. The van der Waals surface area contributed by atoms with Crippen LogP contribution in [0.25, 0.3) is 0 Å². The number of rotatable bonds is 2. The molecule has 0 rings (SSSR count). The van der Waals surface area contributed by atoms with Crippen LogP contribution in [0.1, 0.15) is 19.8 Å². The van der Waals surface area contributed by atoms with Crippen molar-refractivity contribution in [1.29, 1.82) is 5.26 Å². The molecule has 0 amide bonds. The first-order valence-corrected chi connectivity index (χ1v) is 2.46. The summed E-state index contributed by atoms with van der Waals surface area (Å²) in [5, 5.41) is 7.96. The van der Waals surface area contributed by atoms with Gasteiger partial charge in [-0.15, -0.1) is 0 Å². The Morgan fingerprint density at radius 3 is 2.86 bits per heavy atom. The lowest BCUT2D eigenvalue weighted by molar-refractivity contribution is 0.959. The standard InChI is InChI=1S/C6H9N/c1-2-3-4-5-6-7/h4-5H,2-3H2,1H3/b5-4+. The maximum atomic E-state index is 7.96. The summed E-state index contributed by atoms with van der Waals surface area (Å²) in [7, 11) is 0. The van der Waals surface area contributed by atoms with Crippen LogP contribution in [0.3, 0.4) is 0 Å². The molecular formula is C6H9N. The molecule has 0 bridgehead atoms. The van der Waals surface area contributed by atoms with Crippen molar-refractivity contribution in [1.82, 2.24) is 0 Å². The van der Waals surface area contributed by atoms with Crippen molar-refractivity contribution in [2.24, 2.45) is 0 Å². The minimum atomic E-state index is 1.02. The second-order valence-corrected chi connectivity index (χ2v) is 1.32. The number of hydrogen-bond donors (Lipinski definition) is 0. The van der Waals surface area contributed by atoms with Crippen LogP contribution in [-0.4, -0.2) is 0 Å². The van der Waals surface area contributed by atoms with Crippen molar-refractivity contribution in [3.8, 4) is 6.07 Å². The lowest BCUT2D eigenvalue weighted by Gasteiger charge is -1.75. The summed E-state index contributed by atoms with van der Waals surface area (Å²) in [6.07, 6.45) is 5.54. The highest BCUT2D eigenvalue weighted by Gasteiger charge is 1.67. The predicted octanol–water partition coefficient (Wildman–Crippen LogP) is 1.87. The number of nitriles is 1. The Morgan fingerprint density at radius 1 is 1.71 bits per heavy atom. The van der Waals surface area contributed by atoms with E-state index in [4.69, 9.17) is 5.26 Å². The van der Waals surface area contributed by atoms with Crippen molar-refractivity contribution in [3.05, 3.63) is 12.2 Å². The molecule has 0 atom stereocenters. The fraction of sp³-hybridized carbons (Fsp3) is 0.500. The maximum absolute atomic E-state index is 7.96. The molecule has 0 saturated heterocycles. The van der Waals surface area contributed by atoms with Gasteiger partial charge in [0.05, 0.1) is 6.07 Å². The molecule has 0 aliphatic carbocycles. The van der Waals surface area contributed by atoms with Crippen LogP contribution >= 0.6 is 0 Å². The minimum Gasteiger partial charge on any atom is -0.193 e. The third-order valence-corrected chi connectivity index (χ3v) is 0.648. The molecule has 0 aliphatic heterocycles. The summed E-state index contributed by atoms with van der Waals surface area (Å²) in [5.41, 5.74) is 0. The molecule has 1 heteroatoms. The summed E-state index contributed by atoms with van der Waals surface area (Å²) in [6, 6.07) is 1.92. The molecule has 0 unspecified atom stereocenters. The summed E-state index contributed by atoms with van der Waals surface area (Å²) < 4.78 is 0. The molecule has 0 N–H and O–H groups in total. The second-order valence-electron chi connectivity index (χ2n) is 1.32. The molecule has 0 fully saturated rings. The van der Waals surface area contributed by atoms with E-state index in [2.05, 4.69) is 6.92 Å². The van der Waals surface area contributed by atoms with Crippen molar-refractivity contribution in [3.63, 3.8) is 0 Å². The van der Waals surface area contributed by atoms with Crippen LogP contribution in [0, 0.1) is 11.3 Å². The van der Waals surface area contributed by atoms with Gasteiger partial charge in [0.15, 0.2) is 0 Å². The first-order chi connectivity index (χ1) is 3.41. The van der Waals surface area contributed by atoms with Crippen LogP contribution in [-0.2, 0) is 0 Å². The quantitative estimate of drug-likeness (QED) is 0.480. The summed E-state index contributed by atoms with van der Waals surface area (Å²) in [6.45, 7) is 2.09. The van der Waals surface area contributed by atoms with Crippen LogP contribution in [0.15, 0.2) is 12.2 Å². The molecule has 0 aromatic heterocycles. The third-order valence-electron chi connectivity index (χ3n) is 0.648. The van der Waals surface area contributed by atoms with Gasteiger partial charge in [0.2, 0.25) is 0 Å². The van der Waals surface area contributed by atoms with Crippen LogP contribution in [0.4, 0.5) is 0 Å². The molecule has 38 valence electrons. The van der Waals surface area contributed by atoms with E-state index in [9.17, 15) is 0 Å². The van der Waals surface area contributed by atoms with E-state index in [1.807, 2.05) is 12.1 Å². The van der Waals surface area contributed by atoms with Crippen molar-refractivity contribution in [2.45, 2.75) is 19.8 Å². The summed E-state index contributed by atoms with van der Waals surface area (Å²) in [4.78, 5) is 0. The van der Waals surface area contributed by atoms with Gasteiger partial charge in [-0.2, -0.15) is 5.26 Å². The SMILES string of the molecule is CCC/C=C/C#N. The molecule has 0 aliphatic rings. The number of unbranched alkanes of at least 4 members (excludes halogenated alkanes) is 1. The van der Waals surface area contributed by atoms with E-state index in [1.54, 1.807) is 0 Å². The zero-order chi connectivity index (χ0) is 5.54. The largest absolute Gasteiger partial charge is 0.193 e. The highest BCUT2D eigenvalue weighted by molar-refractivity contribution is 5.00. The van der Waals surface area contributed by atoms with Gasteiger partial charge in [-0.3, -0.25) is 0 Å². The van der Waals surface area contributed by atoms with Gasteiger partial charge in [-0.25, -0.2) is 0 Å². The maximum Gasteiger partial charge on any atom is 0.0908 e. The Balaban J connectivity index is 2.97. The lowest BCUT2D eigenvalue weighted by atomic mass is 10.3. The van der Waals surface area contributed by atoms with Gasteiger partial charge in [-0.05, 0) is 6.42 Å². The van der Waals surface area contributed by atoms with Gasteiger partial charge < -0.3 is 0 Å². The topological polar surface area (TPSA) is 23.8 Å². The zero-order valence-electron chi connectivity index (χ0n) is 4.52. The van der Waals surface area contributed by atoms with E-state index in [1.165, 1.54) is 6.08 Å². The van der Waals surface area contributed by atoms with Gasteiger partial charge in [0.25, 0.3) is 0 Å². The Kier molecular flexibility index (Phi) is 4.65. The fourth-order valence-electron chi connectivity index (χ4n) is 0.303. The van der Waals surface area contributed by atoms with Crippen molar-refractivity contribution >= 4 is 0 Å². The van der Waals surface area contributed by atoms with E-state index in [0.29, 0.717) is 0 Å². The molecule has 0 heterocycles. The first kappa shape index (κ1) is 6.23. The van der Waals surface area contributed by atoms with Crippen molar-refractivity contribution < 1.29 is 0 Å². The molecule has 1 nitrogen and oxygen atoms in total. The third kappa shape index (κ3) is 5.23. The summed E-state index contributed by atoms with van der Waals surface area (Å²) in [5.74, 6) is 0. The number of allylic oxidation sites excluding steroid dienone is 2. The highest BCUT2D eigenvalue weighted by atomic mass is 14.2. The molecule has 0 aromatic rings. The molecule has 0 aromatic carbocycles. The number of hydrogen-bond acceptors (Lipinski definition) is 1. The van der Waals surface area contributed by atoms with E-state index >= 15 is 0 Å². The fourth-order valence-corrected chi connectivity index (χ4v) is 0.303. The number of nitrogens with zero attached hydrogens (tertiary/aromatic N) is 1. The van der Waals surface area contributed by atoms with Gasteiger partial charge in [0, 0.05) is 6.08 Å². The van der Waals surface area contributed by atoms with Gasteiger partial charge >= 0.3 is 0 Å². The highest BCUT2D eigenvalue weighted by Crippen LogP contribution is 1.85. The van der Waals surface area contributed by atoms with Crippen LogP contribution < -0.4 is 0 Å². The lowest BCUT2D eigenvalue weighted by Crippen LogP contribution is -1.57. The van der Waals surface area contributed by atoms with E-state index in [0.717, 1.165) is 12.8 Å². The average molecular weight is 95.1 g/mol. The molecule has 0 radical (unpaired) electrons. The molecular weight excluding hydrogens is 86.1 g/mol. The Hall–Kier alpha value is -0.770.